The predicted octanol–water partition coefficient (Wildman–Crippen LogP) is 3.50. The third kappa shape index (κ3) is 1.65. The molecule has 2 fully saturated rings. The third-order valence-electron chi connectivity index (χ3n) is 4.81. The first kappa shape index (κ1) is 11.2. The summed E-state index contributed by atoms with van der Waals surface area (Å²) in [6.45, 7) is 11.8. The molecule has 0 radical (unpaired) electrons. The summed E-state index contributed by atoms with van der Waals surface area (Å²) < 4.78 is 1.42. The van der Waals surface area contributed by atoms with E-state index in [0.717, 1.165) is 12.1 Å². The van der Waals surface area contributed by atoms with E-state index in [1.807, 2.05) is 0 Å². The summed E-state index contributed by atoms with van der Waals surface area (Å²) in [5, 5.41) is 0. The molecule has 0 aromatic rings. The van der Waals surface area contributed by atoms with Gasteiger partial charge in [0.1, 0.15) is 6.04 Å². The lowest BCUT2D eigenvalue weighted by molar-refractivity contribution is -0.948. The molecule has 0 aromatic heterocycles. The van der Waals surface area contributed by atoms with Crippen molar-refractivity contribution >= 4 is 0 Å². The van der Waals surface area contributed by atoms with Crippen molar-refractivity contribution in [2.75, 3.05) is 13.1 Å². The molecule has 0 N–H and O–H groups in total. The Morgan fingerprint density at radius 2 is 2.20 bits per heavy atom. The van der Waals surface area contributed by atoms with E-state index >= 15 is 0 Å². The van der Waals surface area contributed by atoms with Crippen LogP contribution in [0, 0.1) is 0 Å². The largest absolute Gasteiger partial charge is 0.315 e. The van der Waals surface area contributed by atoms with Crippen LogP contribution in [0.1, 0.15) is 52.4 Å². The fraction of sp³-hybridized carbons (Fsp3) is 0.857. The second kappa shape index (κ2) is 4.29. The summed E-state index contributed by atoms with van der Waals surface area (Å²) in [5.74, 6) is 0. The zero-order valence-electron chi connectivity index (χ0n) is 10.5. The van der Waals surface area contributed by atoms with Gasteiger partial charge in [0.2, 0.25) is 0 Å². The summed E-state index contributed by atoms with van der Waals surface area (Å²) in [6, 6.07) is 1.75. The molecule has 0 bridgehead atoms. The fourth-order valence-corrected chi connectivity index (χ4v) is 4.12. The van der Waals surface area contributed by atoms with Gasteiger partial charge in [-0.1, -0.05) is 26.8 Å². The van der Waals surface area contributed by atoms with Crippen molar-refractivity contribution in [3.63, 3.8) is 0 Å². The summed E-state index contributed by atoms with van der Waals surface area (Å²) in [5.41, 5.74) is 1.56. The number of nitrogens with zero attached hydrogens (tertiary/aromatic N) is 1. The second-order valence-corrected chi connectivity index (χ2v) is 5.47. The Kier molecular flexibility index (Phi) is 3.20. The number of quaternary nitrogens is 1. The molecule has 1 heteroatoms. The normalized spacial score (nSPS) is 36.9. The van der Waals surface area contributed by atoms with E-state index in [9.17, 15) is 0 Å². The number of hydrogen-bond donors (Lipinski definition) is 0. The van der Waals surface area contributed by atoms with Gasteiger partial charge in [-0.15, -0.1) is 0 Å². The van der Waals surface area contributed by atoms with Gasteiger partial charge in [-0.25, -0.2) is 0 Å². The van der Waals surface area contributed by atoms with Crippen LogP contribution in [-0.4, -0.2) is 29.7 Å². The third-order valence-corrected chi connectivity index (χ3v) is 4.81. The van der Waals surface area contributed by atoms with Crippen molar-refractivity contribution < 1.29 is 4.48 Å². The van der Waals surface area contributed by atoms with Crippen LogP contribution in [0.3, 0.4) is 0 Å². The van der Waals surface area contributed by atoms with Crippen molar-refractivity contribution in [1.29, 1.82) is 0 Å². The molecule has 2 heterocycles. The first-order chi connectivity index (χ1) is 7.24. The first-order valence-electron chi connectivity index (χ1n) is 6.78. The van der Waals surface area contributed by atoms with E-state index in [4.69, 9.17) is 0 Å². The van der Waals surface area contributed by atoms with Crippen LogP contribution < -0.4 is 0 Å². The topological polar surface area (TPSA) is 0 Å². The highest BCUT2D eigenvalue weighted by atomic mass is 15.4. The molecular formula is C14H26N+. The maximum Gasteiger partial charge on any atom is 0.111 e. The van der Waals surface area contributed by atoms with E-state index in [1.54, 1.807) is 5.57 Å². The zero-order valence-corrected chi connectivity index (χ0v) is 10.5. The zero-order chi connectivity index (χ0) is 10.9. The van der Waals surface area contributed by atoms with Crippen LogP contribution >= 0.6 is 0 Å². The Hall–Kier alpha value is -0.300. The van der Waals surface area contributed by atoms with E-state index in [0.29, 0.717) is 0 Å². The second-order valence-electron chi connectivity index (χ2n) is 5.47. The van der Waals surface area contributed by atoms with Gasteiger partial charge in [-0.05, 0) is 18.4 Å². The quantitative estimate of drug-likeness (QED) is 0.490. The molecule has 2 aliphatic heterocycles. The van der Waals surface area contributed by atoms with Crippen LogP contribution in [0.2, 0.25) is 0 Å². The van der Waals surface area contributed by atoms with Crippen LogP contribution in [0.15, 0.2) is 12.2 Å². The van der Waals surface area contributed by atoms with Crippen molar-refractivity contribution in [1.82, 2.24) is 0 Å². The van der Waals surface area contributed by atoms with Gasteiger partial charge < -0.3 is 4.48 Å². The molecule has 0 amide bonds. The molecule has 0 spiro atoms. The van der Waals surface area contributed by atoms with E-state index in [2.05, 4.69) is 20.4 Å². The van der Waals surface area contributed by atoms with Gasteiger partial charge in [0.05, 0.1) is 19.1 Å². The van der Waals surface area contributed by atoms with Crippen LogP contribution in [0.4, 0.5) is 0 Å². The minimum atomic E-state index is 0.835. The monoisotopic (exact) mass is 208 g/mol. The summed E-state index contributed by atoms with van der Waals surface area (Å²) >= 11 is 0. The molecule has 1 nitrogen and oxygen atoms in total. The predicted molar refractivity (Wildman–Crippen MR) is 65.8 cm³/mol. The van der Waals surface area contributed by atoms with Gasteiger partial charge in [-0.2, -0.15) is 0 Å². The van der Waals surface area contributed by atoms with Crippen molar-refractivity contribution in [2.24, 2.45) is 0 Å². The molecule has 2 saturated heterocycles. The Morgan fingerprint density at radius 3 is 2.87 bits per heavy atom. The Morgan fingerprint density at radius 1 is 1.40 bits per heavy atom. The van der Waals surface area contributed by atoms with Crippen molar-refractivity contribution in [3.8, 4) is 0 Å². The maximum absolute atomic E-state index is 4.30. The highest BCUT2D eigenvalue weighted by Crippen LogP contribution is 2.43. The van der Waals surface area contributed by atoms with Gasteiger partial charge in [0, 0.05) is 19.3 Å². The molecule has 0 aliphatic carbocycles. The number of hydrogen-bond acceptors (Lipinski definition) is 0. The molecule has 86 valence electrons. The lowest BCUT2D eigenvalue weighted by Gasteiger charge is -2.42. The Labute approximate surface area is 94.8 Å². The smallest absolute Gasteiger partial charge is 0.111 e. The standard InChI is InChI=1S/C14H26N/c1-4-7-13(5-2)15-10-6-8-14(15)12(3)9-11-15/h13-14H,3-11H2,1-2H3/q+1. The molecule has 2 rings (SSSR count). The molecule has 3 atom stereocenters. The van der Waals surface area contributed by atoms with Crippen LogP contribution in [0.5, 0.6) is 0 Å². The SMILES string of the molecule is C=C1CC[N+]2(C(CC)CCC)CCCC12. The number of fused-ring (bicyclic) bond motifs is 1. The van der Waals surface area contributed by atoms with Gasteiger partial charge >= 0.3 is 0 Å². The summed E-state index contributed by atoms with van der Waals surface area (Å²) in [4.78, 5) is 0. The van der Waals surface area contributed by atoms with Gasteiger partial charge in [0.25, 0.3) is 0 Å². The summed E-state index contributed by atoms with van der Waals surface area (Å²) in [6.07, 6.45) is 8.27. The van der Waals surface area contributed by atoms with E-state index in [-0.39, 0.29) is 0 Å². The lowest BCUT2D eigenvalue weighted by atomic mass is 10.0. The summed E-state index contributed by atoms with van der Waals surface area (Å²) in [7, 11) is 0. The number of rotatable bonds is 4. The van der Waals surface area contributed by atoms with Crippen LogP contribution in [0.25, 0.3) is 0 Å². The molecule has 0 aromatic carbocycles. The maximum atomic E-state index is 4.30. The van der Waals surface area contributed by atoms with Crippen molar-refractivity contribution in [3.05, 3.63) is 12.2 Å². The average molecular weight is 208 g/mol. The Balaban J connectivity index is 2.19. The molecule has 3 unspecified atom stereocenters. The molecular weight excluding hydrogens is 182 g/mol. The van der Waals surface area contributed by atoms with Gasteiger partial charge in [-0.3, -0.25) is 0 Å². The lowest BCUT2D eigenvalue weighted by Crippen LogP contribution is -2.55. The molecule has 0 saturated carbocycles. The van der Waals surface area contributed by atoms with E-state index < -0.39 is 0 Å². The minimum Gasteiger partial charge on any atom is -0.315 e. The highest BCUT2D eigenvalue weighted by Gasteiger charge is 2.51. The van der Waals surface area contributed by atoms with E-state index in [1.165, 1.54) is 56.1 Å². The van der Waals surface area contributed by atoms with Crippen molar-refractivity contribution in [2.45, 2.75) is 64.5 Å². The first-order valence-corrected chi connectivity index (χ1v) is 6.78. The fourth-order valence-electron chi connectivity index (χ4n) is 4.12. The Bertz CT molecular complexity index is 246. The highest BCUT2D eigenvalue weighted by molar-refractivity contribution is 5.09. The minimum absolute atomic E-state index is 0.835. The molecule has 15 heavy (non-hydrogen) atoms. The average Bonchev–Trinajstić information content (AvgIpc) is 2.77. The molecule has 2 aliphatic rings. The van der Waals surface area contributed by atoms with Gasteiger partial charge in [0.15, 0.2) is 0 Å². The van der Waals surface area contributed by atoms with Crippen LogP contribution in [-0.2, 0) is 0 Å².